The Balaban J connectivity index is 2.04. The number of non-ortho nitro benzene ring substituents is 1. The number of nitrogens with zero attached hydrogens (tertiary/aromatic N) is 1. The van der Waals surface area contributed by atoms with E-state index in [0.717, 1.165) is 5.56 Å². The summed E-state index contributed by atoms with van der Waals surface area (Å²) in [6.45, 7) is 1.88. The van der Waals surface area contributed by atoms with Crippen LogP contribution < -0.4 is 5.32 Å². The molecule has 0 fully saturated rings. The number of aliphatic hydroxyl groups excluding tert-OH is 1. The van der Waals surface area contributed by atoms with Crippen LogP contribution in [-0.2, 0) is 0 Å². The van der Waals surface area contributed by atoms with Crippen LogP contribution >= 0.6 is 0 Å². The van der Waals surface area contributed by atoms with Gasteiger partial charge in [0.2, 0.25) is 0 Å². The smallest absolute Gasteiger partial charge is 0.269 e. The Morgan fingerprint density at radius 2 is 1.95 bits per heavy atom. The van der Waals surface area contributed by atoms with Crippen molar-refractivity contribution in [3.63, 3.8) is 0 Å². The van der Waals surface area contributed by atoms with Crippen LogP contribution in [0.25, 0.3) is 0 Å². The van der Waals surface area contributed by atoms with Crippen LogP contribution in [-0.4, -0.2) is 16.6 Å². The average molecular weight is 290 g/mol. The largest absolute Gasteiger partial charge is 0.387 e. The maximum Gasteiger partial charge on any atom is 0.269 e. The van der Waals surface area contributed by atoms with Gasteiger partial charge in [0.15, 0.2) is 0 Å². The predicted octanol–water partition coefficient (Wildman–Crippen LogP) is 3.19. The van der Waals surface area contributed by atoms with Crippen LogP contribution in [0.2, 0.25) is 0 Å². The van der Waals surface area contributed by atoms with E-state index in [0.29, 0.717) is 11.3 Å². The maximum atomic E-state index is 13.6. The number of aryl methyl sites for hydroxylation is 1. The molecule has 0 saturated heterocycles. The number of nitro benzene ring substituents is 1. The SMILES string of the molecule is Cc1cccc(F)c1NCC(O)c1ccc([N+](=O)[O-])cc1. The molecule has 2 rings (SSSR count). The second-order valence-electron chi connectivity index (χ2n) is 4.68. The molecule has 0 amide bonds. The molecular weight excluding hydrogens is 275 g/mol. The molecule has 110 valence electrons. The summed E-state index contributed by atoms with van der Waals surface area (Å²) in [4.78, 5) is 10.1. The highest BCUT2D eigenvalue weighted by Crippen LogP contribution is 2.22. The van der Waals surface area contributed by atoms with E-state index in [1.54, 1.807) is 19.1 Å². The van der Waals surface area contributed by atoms with Crippen LogP contribution in [0.4, 0.5) is 15.8 Å². The lowest BCUT2D eigenvalue weighted by Gasteiger charge is -2.15. The number of rotatable bonds is 5. The summed E-state index contributed by atoms with van der Waals surface area (Å²) in [5, 5.41) is 23.5. The second kappa shape index (κ2) is 6.32. The first-order chi connectivity index (χ1) is 9.99. The monoisotopic (exact) mass is 290 g/mol. The number of nitro groups is 1. The molecule has 2 aromatic carbocycles. The van der Waals surface area contributed by atoms with E-state index < -0.39 is 11.0 Å². The molecule has 2 N–H and O–H groups in total. The van der Waals surface area contributed by atoms with Crippen molar-refractivity contribution >= 4 is 11.4 Å². The van der Waals surface area contributed by atoms with Crippen molar-refractivity contribution in [1.29, 1.82) is 0 Å². The van der Waals surface area contributed by atoms with Crippen LogP contribution in [0, 0.1) is 22.9 Å². The van der Waals surface area contributed by atoms with Gasteiger partial charge < -0.3 is 10.4 Å². The highest BCUT2D eigenvalue weighted by molar-refractivity contribution is 5.52. The molecule has 0 aliphatic heterocycles. The minimum absolute atomic E-state index is 0.0381. The first kappa shape index (κ1) is 14.9. The van der Waals surface area contributed by atoms with Crippen molar-refractivity contribution in [3.05, 3.63) is 69.5 Å². The lowest BCUT2D eigenvalue weighted by Crippen LogP contribution is -2.13. The lowest BCUT2D eigenvalue weighted by atomic mass is 10.1. The van der Waals surface area contributed by atoms with Crippen molar-refractivity contribution in [2.45, 2.75) is 13.0 Å². The fourth-order valence-electron chi connectivity index (χ4n) is 1.99. The Kier molecular flexibility index (Phi) is 4.49. The minimum atomic E-state index is -0.884. The number of hydrogen-bond donors (Lipinski definition) is 2. The van der Waals surface area contributed by atoms with Gasteiger partial charge in [0.1, 0.15) is 5.82 Å². The van der Waals surface area contributed by atoms with Gasteiger partial charge in [0, 0.05) is 18.7 Å². The Hall–Kier alpha value is -2.47. The molecule has 6 heteroatoms. The number of hydrogen-bond acceptors (Lipinski definition) is 4. The molecule has 0 aliphatic rings. The molecule has 0 bridgehead atoms. The summed E-state index contributed by atoms with van der Waals surface area (Å²) in [5.41, 5.74) is 1.58. The summed E-state index contributed by atoms with van der Waals surface area (Å²) < 4.78 is 13.6. The molecule has 1 unspecified atom stereocenters. The maximum absolute atomic E-state index is 13.6. The van der Waals surface area contributed by atoms with Gasteiger partial charge in [-0.05, 0) is 36.2 Å². The molecule has 0 radical (unpaired) electrons. The fraction of sp³-hybridized carbons (Fsp3) is 0.200. The van der Waals surface area contributed by atoms with Gasteiger partial charge >= 0.3 is 0 Å². The zero-order valence-electron chi connectivity index (χ0n) is 11.4. The van der Waals surface area contributed by atoms with E-state index in [2.05, 4.69) is 5.32 Å². The van der Waals surface area contributed by atoms with E-state index in [9.17, 15) is 19.6 Å². The highest BCUT2D eigenvalue weighted by Gasteiger charge is 2.12. The van der Waals surface area contributed by atoms with Gasteiger partial charge in [0.05, 0.1) is 16.7 Å². The van der Waals surface area contributed by atoms with Crippen LogP contribution in [0.5, 0.6) is 0 Å². The van der Waals surface area contributed by atoms with Crippen LogP contribution in [0.1, 0.15) is 17.2 Å². The number of nitrogens with one attached hydrogen (secondary N) is 1. The Morgan fingerprint density at radius 1 is 1.29 bits per heavy atom. The standard InChI is InChI=1S/C15H15FN2O3/c1-10-3-2-4-13(16)15(10)17-9-14(19)11-5-7-12(8-6-11)18(20)21/h2-8,14,17,19H,9H2,1H3. The Morgan fingerprint density at radius 3 is 2.52 bits per heavy atom. The number of para-hydroxylation sites is 1. The summed E-state index contributed by atoms with van der Waals surface area (Å²) in [6, 6.07) is 10.3. The van der Waals surface area contributed by atoms with E-state index in [1.807, 2.05) is 0 Å². The summed E-state index contributed by atoms with van der Waals surface area (Å²) in [5.74, 6) is -0.383. The van der Waals surface area contributed by atoms with Crippen LogP contribution in [0.3, 0.4) is 0 Å². The first-order valence-electron chi connectivity index (χ1n) is 6.40. The number of aliphatic hydroxyl groups is 1. The quantitative estimate of drug-likeness (QED) is 0.655. The molecular formula is C15H15FN2O3. The molecule has 5 nitrogen and oxygen atoms in total. The van der Waals surface area contributed by atoms with Crippen molar-refractivity contribution in [2.24, 2.45) is 0 Å². The van der Waals surface area contributed by atoms with Gasteiger partial charge in [0.25, 0.3) is 5.69 Å². The first-order valence-corrected chi connectivity index (χ1v) is 6.40. The van der Waals surface area contributed by atoms with Crippen molar-refractivity contribution in [2.75, 3.05) is 11.9 Å². The summed E-state index contributed by atoms with van der Waals surface area (Å²) in [7, 11) is 0. The topological polar surface area (TPSA) is 75.4 Å². The third-order valence-corrected chi connectivity index (χ3v) is 3.18. The van der Waals surface area contributed by atoms with Gasteiger partial charge in [-0.2, -0.15) is 0 Å². The molecule has 0 spiro atoms. The Bertz CT molecular complexity index is 624. The van der Waals surface area contributed by atoms with E-state index in [1.165, 1.54) is 30.3 Å². The van der Waals surface area contributed by atoms with Gasteiger partial charge in [-0.25, -0.2) is 4.39 Å². The second-order valence-corrected chi connectivity index (χ2v) is 4.68. The zero-order chi connectivity index (χ0) is 15.4. The molecule has 0 heterocycles. The Labute approximate surface area is 121 Å². The van der Waals surface area contributed by atoms with Crippen molar-refractivity contribution in [1.82, 2.24) is 0 Å². The minimum Gasteiger partial charge on any atom is -0.387 e. The number of anilines is 1. The molecule has 0 aliphatic carbocycles. The molecule has 1 atom stereocenters. The highest BCUT2D eigenvalue weighted by atomic mass is 19.1. The fourth-order valence-corrected chi connectivity index (χ4v) is 1.99. The van der Waals surface area contributed by atoms with Crippen molar-refractivity contribution in [3.8, 4) is 0 Å². The number of halogens is 1. The van der Waals surface area contributed by atoms with Crippen molar-refractivity contribution < 1.29 is 14.4 Å². The van der Waals surface area contributed by atoms with Gasteiger partial charge in [-0.15, -0.1) is 0 Å². The van der Waals surface area contributed by atoms with Gasteiger partial charge in [-0.3, -0.25) is 10.1 Å². The zero-order valence-corrected chi connectivity index (χ0v) is 11.4. The third-order valence-electron chi connectivity index (χ3n) is 3.18. The summed E-state index contributed by atoms with van der Waals surface area (Å²) >= 11 is 0. The van der Waals surface area contributed by atoms with Gasteiger partial charge in [-0.1, -0.05) is 12.1 Å². The van der Waals surface area contributed by atoms with E-state index >= 15 is 0 Å². The molecule has 21 heavy (non-hydrogen) atoms. The number of benzene rings is 2. The molecule has 0 aromatic heterocycles. The van der Waals surface area contributed by atoms with Crippen LogP contribution in [0.15, 0.2) is 42.5 Å². The lowest BCUT2D eigenvalue weighted by molar-refractivity contribution is -0.384. The van der Waals surface area contributed by atoms with E-state index in [4.69, 9.17) is 0 Å². The van der Waals surface area contributed by atoms with E-state index in [-0.39, 0.29) is 18.0 Å². The predicted molar refractivity (Wildman–Crippen MR) is 77.7 cm³/mol. The third kappa shape index (κ3) is 3.55. The molecule has 0 saturated carbocycles. The summed E-state index contributed by atoms with van der Waals surface area (Å²) in [6.07, 6.45) is -0.884. The normalized spacial score (nSPS) is 12.0. The average Bonchev–Trinajstić information content (AvgIpc) is 2.46. The molecule has 2 aromatic rings.